The monoisotopic (exact) mass is 230 g/mol. The Kier molecular flexibility index (Phi) is 3.85. The fourth-order valence-corrected chi connectivity index (χ4v) is 1.37. The summed E-state index contributed by atoms with van der Waals surface area (Å²) in [4.78, 5) is 21.5. The molecule has 1 rings (SSSR count). The molecule has 0 aliphatic carbocycles. The maximum absolute atomic E-state index is 11.4. The van der Waals surface area contributed by atoms with E-state index in [1.165, 1.54) is 16.8 Å². The highest BCUT2D eigenvalue weighted by atomic mass is 35.5. The lowest BCUT2D eigenvalue weighted by Crippen LogP contribution is -2.20. The first-order valence-corrected chi connectivity index (χ1v) is 5.01. The normalized spacial score (nSPS) is 10.3. The van der Waals surface area contributed by atoms with Crippen LogP contribution in [0.4, 0.5) is 5.69 Å². The van der Waals surface area contributed by atoms with Crippen molar-refractivity contribution >= 4 is 17.3 Å². The third-order valence-corrected chi connectivity index (χ3v) is 2.30. The largest absolute Gasteiger partial charge is 0.309 e. The molecule has 0 radical (unpaired) electrons. The minimum Gasteiger partial charge on any atom is -0.309 e. The highest BCUT2D eigenvalue weighted by molar-refractivity contribution is 6.17. The molecule has 1 heterocycles. The van der Waals surface area contributed by atoms with Crippen LogP contribution >= 0.6 is 11.6 Å². The summed E-state index contributed by atoms with van der Waals surface area (Å²) in [6.07, 6.45) is 1.88. The minimum absolute atomic E-state index is 0.0378. The molecule has 0 bridgehead atoms. The van der Waals surface area contributed by atoms with E-state index in [1.807, 2.05) is 0 Å². The molecule has 0 atom stereocenters. The number of nitro groups is 1. The Morgan fingerprint density at radius 1 is 1.60 bits per heavy atom. The van der Waals surface area contributed by atoms with Crippen LogP contribution in [0.1, 0.15) is 12.0 Å². The third kappa shape index (κ3) is 2.79. The second-order valence-corrected chi connectivity index (χ2v) is 3.55. The van der Waals surface area contributed by atoms with Gasteiger partial charge in [-0.25, -0.2) is 0 Å². The van der Waals surface area contributed by atoms with Crippen molar-refractivity contribution in [2.75, 3.05) is 5.88 Å². The van der Waals surface area contributed by atoms with Crippen molar-refractivity contribution in [3.05, 3.63) is 38.3 Å². The molecule has 0 aromatic carbocycles. The molecule has 82 valence electrons. The quantitative estimate of drug-likeness (QED) is 0.449. The molecular weight excluding hydrogens is 220 g/mol. The molecular formula is C9H11ClN2O3. The maximum atomic E-state index is 11.4. The van der Waals surface area contributed by atoms with E-state index in [4.69, 9.17) is 11.6 Å². The van der Waals surface area contributed by atoms with Crippen LogP contribution in [0.15, 0.2) is 17.1 Å². The van der Waals surface area contributed by atoms with E-state index in [2.05, 4.69) is 0 Å². The second kappa shape index (κ2) is 4.93. The van der Waals surface area contributed by atoms with Gasteiger partial charge in [0.2, 0.25) is 0 Å². The van der Waals surface area contributed by atoms with E-state index >= 15 is 0 Å². The predicted octanol–water partition coefficient (Wildman–Crippen LogP) is 1.69. The number of nitrogens with zero attached hydrogens (tertiary/aromatic N) is 2. The van der Waals surface area contributed by atoms with E-state index < -0.39 is 4.92 Å². The van der Waals surface area contributed by atoms with Gasteiger partial charge in [-0.3, -0.25) is 14.9 Å². The number of hydrogen-bond donors (Lipinski definition) is 0. The number of hydrogen-bond acceptors (Lipinski definition) is 3. The molecule has 0 saturated heterocycles. The summed E-state index contributed by atoms with van der Waals surface area (Å²) in [5, 5.41) is 10.6. The number of alkyl halides is 1. The number of aryl methyl sites for hydroxylation is 2. The second-order valence-electron chi connectivity index (χ2n) is 3.17. The van der Waals surface area contributed by atoms with Crippen LogP contribution in [0.5, 0.6) is 0 Å². The average Bonchev–Trinajstić information content (AvgIpc) is 2.16. The Bertz CT molecular complexity index is 428. The van der Waals surface area contributed by atoms with Crippen LogP contribution in [0.25, 0.3) is 0 Å². The van der Waals surface area contributed by atoms with Gasteiger partial charge in [-0.15, -0.1) is 11.6 Å². The molecule has 0 saturated carbocycles. The Morgan fingerprint density at radius 2 is 2.27 bits per heavy atom. The Hall–Kier alpha value is -1.36. The van der Waals surface area contributed by atoms with E-state index in [0.29, 0.717) is 24.4 Å². The van der Waals surface area contributed by atoms with Crippen molar-refractivity contribution in [2.24, 2.45) is 0 Å². The van der Waals surface area contributed by atoms with Crippen LogP contribution < -0.4 is 5.56 Å². The van der Waals surface area contributed by atoms with Gasteiger partial charge < -0.3 is 4.57 Å². The van der Waals surface area contributed by atoms with Crippen molar-refractivity contribution in [3.63, 3.8) is 0 Å². The summed E-state index contributed by atoms with van der Waals surface area (Å²) in [5.41, 5.74) is 0.111. The van der Waals surface area contributed by atoms with Crippen molar-refractivity contribution in [1.82, 2.24) is 4.57 Å². The summed E-state index contributed by atoms with van der Waals surface area (Å²) >= 11 is 5.49. The van der Waals surface area contributed by atoms with Crippen LogP contribution in [0.3, 0.4) is 0 Å². The third-order valence-electron chi connectivity index (χ3n) is 2.03. The molecule has 0 N–H and O–H groups in total. The highest BCUT2D eigenvalue weighted by Crippen LogP contribution is 2.14. The minimum atomic E-state index is -0.494. The van der Waals surface area contributed by atoms with Crippen molar-refractivity contribution in [3.8, 4) is 0 Å². The van der Waals surface area contributed by atoms with Crippen molar-refractivity contribution in [2.45, 2.75) is 19.9 Å². The van der Waals surface area contributed by atoms with Crippen LogP contribution in [0.2, 0.25) is 0 Å². The average molecular weight is 231 g/mol. The standard InChI is InChI=1S/C9H11ClN2O3/c1-7-5-9(13)11(4-2-3-10)6-8(7)12(14)15/h5-6H,2-4H2,1H3. The number of pyridine rings is 1. The van der Waals surface area contributed by atoms with Gasteiger partial charge in [0.15, 0.2) is 0 Å². The molecule has 1 aromatic rings. The molecule has 6 heteroatoms. The van der Waals surface area contributed by atoms with Gasteiger partial charge in [-0.1, -0.05) is 0 Å². The topological polar surface area (TPSA) is 65.1 Å². The van der Waals surface area contributed by atoms with Gasteiger partial charge in [0.1, 0.15) is 0 Å². The van der Waals surface area contributed by atoms with Gasteiger partial charge in [0, 0.05) is 24.1 Å². The summed E-state index contributed by atoms with van der Waals surface area (Å²) in [6, 6.07) is 1.27. The summed E-state index contributed by atoms with van der Waals surface area (Å²) in [6.45, 7) is 1.95. The molecule has 1 aromatic heterocycles. The Morgan fingerprint density at radius 3 is 2.80 bits per heavy atom. The maximum Gasteiger partial charge on any atom is 0.288 e. The van der Waals surface area contributed by atoms with Gasteiger partial charge in [-0.2, -0.15) is 0 Å². The molecule has 0 aliphatic rings. The van der Waals surface area contributed by atoms with E-state index in [1.54, 1.807) is 6.92 Å². The predicted molar refractivity (Wildman–Crippen MR) is 57.4 cm³/mol. The lowest BCUT2D eigenvalue weighted by Gasteiger charge is -2.04. The van der Waals surface area contributed by atoms with Gasteiger partial charge in [0.05, 0.1) is 11.1 Å². The summed E-state index contributed by atoms with van der Waals surface area (Å²) in [7, 11) is 0. The smallest absolute Gasteiger partial charge is 0.288 e. The molecule has 5 nitrogen and oxygen atoms in total. The SMILES string of the molecule is Cc1cc(=O)n(CCCCl)cc1[N+](=O)[O-]. The Balaban J connectivity index is 3.12. The van der Waals surface area contributed by atoms with Gasteiger partial charge >= 0.3 is 0 Å². The molecule has 0 spiro atoms. The van der Waals surface area contributed by atoms with Gasteiger partial charge in [-0.05, 0) is 13.3 Å². The molecule has 0 fully saturated rings. The molecule has 0 unspecified atom stereocenters. The fourth-order valence-electron chi connectivity index (χ4n) is 1.25. The Labute approximate surface area is 91.4 Å². The zero-order valence-electron chi connectivity index (χ0n) is 8.27. The van der Waals surface area contributed by atoms with Gasteiger partial charge in [0.25, 0.3) is 11.2 Å². The van der Waals surface area contributed by atoms with Crippen LogP contribution in [-0.2, 0) is 6.54 Å². The summed E-state index contributed by atoms with van der Waals surface area (Å²) in [5.74, 6) is 0.425. The molecule has 0 amide bonds. The number of halogens is 1. The number of rotatable bonds is 4. The zero-order valence-corrected chi connectivity index (χ0v) is 9.03. The first kappa shape index (κ1) is 11.7. The fraction of sp³-hybridized carbons (Fsp3) is 0.444. The lowest BCUT2D eigenvalue weighted by atomic mass is 10.2. The van der Waals surface area contributed by atoms with Crippen molar-refractivity contribution in [1.29, 1.82) is 0 Å². The summed E-state index contributed by atoms with van der Waals surface area (Å²) < 4.78 is 1.31. The van der Waals surface area contributed by atoms with E-state index in [9.17, 15) is 14.9 Å². The number of aromatic nitrogens is 1. The first-order valence-electron chi connectivity index (χ1n) is 4.47. The zero-order chi connectivity index (χ0) is 11.4. The van der Waals surface area contributed by atoms with Crippen molar-refractivity contribution < 1.29 is 4.92 Å². The lowest BCUT2D eigenvalue weighted by molar-refractivity contribution is -0.385. The van der Waals surface area contributed by atoms with Crippen LogP contribution in [-0.4, -0.2) is 15.4 Å². The molecule has 15 heavy (non-hydrogen) atoms. The van der Waals surface area contributed by atoms with E-state index in [0.717, 1.165) is 0 Å². The first-order chi connectivity index (χ1) is 7.06. The van der Waals surface area contributed by atoms with E-state index in [-0.39, 0.29) is 11.2 Å². The highest BCUT2D eigenvalue weighted by Gasteiger charge is 2.12. The molecule has 0 aliphatic heterocycles. The van der Waals surface area contributed by atoms with Crippen LogP contribution in [0, 0.1) is 17.0 Å².